The van der Waals surface area contributed by atoms with Crippen LogP contribution in [0.1, 0.15) is 28.4 Å². The topological polar surface area (TPSA) is 57.6 Å². The summed E-state index contributed by atoms with van der Waals surface area (Å²) in [7, 11) is 1.54. The highest BCUT2D eigenvalue weighted by molar-refractivity contribution is 5.94. The van der Waals surface area contributed by atoms with E-state index in [1.807, 2.05) is 0 Å². The molecule has 1 amide bonds. The second kappa shape index (κ2) is 5.82. The number of rotatable bonds is 4. The Balaban J connectivity index is 2.91. The Hall–Kier alpha value is -1.91. The number of carbonyl (C=O) groups excluding carboxylic acids is 1. The predicted octanol–water partition coefficient (Wildman–Crippen LogP) is 2.24. The summed E-state index contributed by atoms with van der Waals surface area (Å²) in [4.78, 5) is 24.2. The van der Waals surface area contributed by atoms with Crippen LogP contribution in [0.4, 0.5) is 4.39 Å². The first-order chi connectivity index (χ1) is 8.73. The van der Waals surface area contributed by atoms with E-state index in [2.05, 4.69) is 0 Å². The molecule has 0 radical (unpaired) electrons. The highest BCUT2D eigenvalue weighted by atomic mass is 19.1. The number of aliphatic carboxylic acids is 1. The van der Waals surface area contributed by atoms with Crippen LogP contribution in [0.15, 0.2) is 12.1 Å². The van der Waals surface area contributed by atoms with Crippen LogP contribution in [-0.2, 0) is 4.79 Å². The van der Waals surface area contributed by atoms with Gasteiger partial charge in [0.2, 0.25) is 0 Å². The van der Waals surface area contributed by atoms with Gasteiger partial charge in [0.05, 0.1) is 5.92 Å². The third kappa shape index (κ3) is 3.53. The van der Waals surface area contributed by atoms with Crippen molar-refractivity contribution in [2.75, 3.05) is 13.6 Å². The summed E-state index contributed by atoms with van der Waals surface area (Å²) in [6.07, 6.45) is 0. The first-order valence-corrected chi connectivity index (χ1v) is 5.99. The van der Waals surface area contributed by atoms with Gasteiger partial charge >= 0.3 is 5.97 Å². The Kier molecular flexibility index (Phi) is 4.64. The van der Waals surface area contributed by atoms with E-state index in [-0.39, 0.29) is 18.3 Å². The number of amides is 1. The molecule has 0 spiro atoms. The molecule has 0 heterocycles. The SMILES string of the molecule is Cc1cc(C(=O)N(C)CC(C)C(=O)O)cc(C)c1F. The quantitative estimate of drug-likeness (QED) is 0.910. The van der Waals surface area contributed by atoms with Gasteiger partial charge in [-0.05, 0) is 37.1 Å². The number of benzene rings is 1. The van der Waals surface area contributed by atoms with Gasteiger partial charge in [-0.2, -0.15) is 0 Å². The molecular weight excluding hydrogens is 249 g/mol. The van der Waals surface area contributed by atoms with Crippen molar-refractivity contribution in [1.82, 2.24) is 4.90 Å². The summed E-state index contributed by atoms with van der Waals surface area (Å²) in [5.41, 5.74) is 1.18. The van der Waals surface area contributed by atoms with Gasteiger partial charge in [0.25, 0.3) is 5.91 Å². The molecule has 1 rings (SSSR count). The van der Waals surface area contributed by atoms with E-state index in [9.17, 15) is 14.0 Å². The number of carboxylic acids is 1. The van der Waals surface area contributed by atoms with Gasteiger partial charge < -0.3 is 10.0 Å². The number of nitrogens with zero attached hydrogens (tertiary/aromatic N) is 1. The molecule has 0 saturated carbocycles. The monoisotopic (exact) mass is 267 g/mol. The zero-order valence-corrected chi connectivity index (χ0v) is 11.5. The van der Waals surface area contributed by atoms with Crippen LogP contribution in [0.3, 0.4) is 0 Å². The van der Waals surface area contributed by atoms with E-state index < -0.39 is 11.9 Å². The van der Waals surface area contributed by atoms with Crippen molar-refractivity contribution in [3.05, 3.63) is 34.6 Å². The van der Waals surface area contributed by atoms with E-state index in [4.69, 9.17) is 5.11 Å². The highest BCUT2D eigenvalue weighted by Gasteiger charge is 2.19. The van der Waals surface area contributed by atoms with Gasteiger partial charge in [0.1, 0.15) is 5.82 Å². The zero-order valence-electron chi connectivity index (χ0n) is 11.5. The van der Waals surface area contributed by atoms with Crippen molar-refractivity contribution in [2.24, 2.45) is 5.92 Å². The van der Waals surface area contributed by atoms with E-state index in [0.29, 0.717) is 16.7 Å². The zero-order chi connectivity index (χ0) is 14.7. The molecule has 1 atom stereocenters. The van der Waals surface area contributed by atoms with Crippen LogP contribution in [0.2, 0.25) is 0 Å². The summed E-state index contributed by atoms with van der Waals surface area (Å²) in [5, 5.41) is 8.82. The fourth-order valence-electron chi connectivity index (χ4n) is 1.86. The molecule has 104 valence electrons. The van der Waals surface area contributed by atoms with E-state index in [1.54, 1.807) is 13.8 Å². The van der Waals surface area contributed by atoms with Gasteiger partial charge in [-0.3, -0.25) is 9.59 Å². The average Bonchev–Trinajstić information content (AvgIpc) is 2.33. The van der Waals surface area contributed by atoms with Crippen molar-refractivity contribution >= 4 is 11.9 Å². The summed E-state index contributed by atoms with van der Waals surface area (Å²) < 4.78 is 13.5. The molecule has 0 bridgehead atoms. The number of carbonyl (C=O) groups is 2. The van der Waals surface area contributed by atoms with Crippen LogP contribution >= 0.6 is 0 Å². The number of carboxylic acid groups (broad SMARTS) is 1. The molecule has 1 aromatic carbocycles. The van der Waals surface area contributed by atoms with Gasteiger partial charge in [0.15, 0.2) is 0 Å². The molecule has 1 aromatic rings. The summed E-state index contributed by atoms with van der Waals surface area (Å²) in [5.74, 6) is -2.22. The number of aryl methyl sites for hydroxylation is 2. The molecule has 0 saturated heterocycles. The molecule has 0 aliphatic carbocycles. The largest absolute Gasteiger partial charge is 0.481 e. The Labute approximate surface area is 111 Å². The minimum atomic E-state index is -0.953. The molecule has 0 aliphatic rings. The Bertz CT molecular complexity index is 490. The van der Waals surface area contributed by atoms with Gasteiger partial charge in [-0.25, -0.2) is 4.39 Å². The molecule has 0 fully saturated rings. The van der Waals surface area contributed by atoms with Crippen molar-refractivity contribution in [2.45, 2.75) is 20.8 Å². The fraction of sp³-hybridized carbons (Fsp3) is 0.429. The fourth-order valence-corrected chi connectivity index (χ4v) is 1.86. The van der Waals surface area contributed by atoms with Crippen LogP contribution in [-0.4, -0.2) is 35.5 Å². The maximum absolute atomic E-state index is 13.5. The Morgan fingerprint density at radius 3 is 2.21 bits per heavy atom. The first-order valence-electron chi connectivity index (χ1n) is 5.99. The summed E-state index contributed by atoms with van der Waals surface area (Å²) in [6.45, 7) is 4.84. The van der Waals surface area contributed by atoms with Gasteiger partial charge in [0, 0.05) is 19.2 Å². The van der Waals surface area contributed by atoms with Crippen LogP contribution in [0.25, 0.3) is 0 Å². The molecule has 0 aromatic heterocycles. The molecule has 1 N–H and O–H groups in total. The summed E-state index contributed by atoms with van der Waals surface area (Å²) >= 11 is 0. The summed E-state index contributed by atoms with van der Waals surface area (Å²) in [6, 6.07) is 2.96. The first kappa shape index (κ1) is 15.1. The van der Waals surface area contributed by atoms with Crippen molar-refractivity contribution in [1.29, 1.82) is 0 Å². The maximum Gasteiger partial charge on any atom is 0.308 e. The lowest BCUT2D eigenvalue weighted by atomic mass is 10.0. The van der Waals surface area contributed by atoms with Gasteiger partial charge in [-0.1, -0.05) is 6.92 Å². The lowest BCUT2D eigenvalue weighted by Crippen LogP contribution is -2.33. The molecule has 0 aliphatic heterocycles. The molecular formula is C14H18FNO3. The molecule has 5 heteroatoms. The van der Waals surface area contributed by atoms with Crippen molar-refractivity contribution in [3.63, 3.8) is 0 Å². The minimum absolute atomic E-state index is 0.115. The predicted molar refractivity (Wildman–Crippen MR) is 69.6 cm³/mol. The van der Waals surface area contributed by atoms with Crippen molar-refractivity contribution < 1.29 is 19.1 Å². The normalized spacial score (nSPS) is 12.1. The van der Waals surface area contributed by atoms with E-state index in [0.717, 1.165) is 0 Å². The number of hydrogen-bond donors (Lipinski definition) is 1. The highest BCUT2D eigenvalue weighted by Crippen LogP contribution is 2.16. The standard InChI is InChI=1S/C14H18FNO3/c1-8-5-11(6-9(2)12(8)15)13(17)16(4)7-10(3)14(18)19/h5-6,10H,7H2,1-4H3,(H,18,19). The number of halogens is 1. The molecule has 19 heavy (non-hydrogen) atoms. The Morgan fingerprint density at radius 2 is 1.79 bits per heavy atom. The third-order valence-corrected chi connectivity index (χ3v) is 3.00. The second-order valence-corrected chi connectivity index (χ2v) is 4.85. The van der Waals surface area contributed by atoms with Crippen LogP contribution in [0, 0.1) is 25.6 Å². The van der Waals surface area contributed by atoms with Crippen molar-refractivity contribution in [3.8, 4) is 0 Å². The Morgan fingerprint density at radius 1 is 1.32 bits per heavy atom. The van der Waals surface area contributed by atoms with Gasteiger partial charge in [-0.15, -0.1) is 0 Å². The van der Waals surface area contributed by atoms with Crippen LogP contribution < -0.4 is 0 Å². The lowest BCUT2D eigenvalue weighted by molar-refractivity contribution is -0.141. The van der Waals surface area contributed by atoms with Crippen LogP contribution in [0.5, 0.6) is 0 Å². The minimum Gasteiger partial charge on any atom is -0.481 e. The molecule has 4 nitrogen and oxygen atoms in total. The molecule has 1 unspecified atom stereocenters. The second-order valence-electron chi connectivity index (χ2n) is 4.85. The van der Waals surface area contributed by atoms with E-state index in [1.165, 1.54) is 31.0 Å². The smallest absolute Gasteiger partial charge is 0.308 e. The third-order valence-electron chi connectivity index (χ3n) is 3.00. The lowest BCUT2D eigenvalue weighted by Gasteiger charge is -2.20. The average molecular weight is 267 g/mol. The number of hydrogen-bond acceptors (Lipinski definition) is 2. The van der Waals surface area contributed by atoms with E-state index >= 15 is 0 Å². The maximum atomic E-state index is 13.5.